The number of rotatable bonds is 4. The van der Waals surface area contributed by atoms with Crippen molar-refractivity contribution in [2.24, 2.45) is 0 Å². The molecule has 2 heterocycles. The summed E-state index contributed by atoms with van der Waals surface area (Å²) in [5.41, 5.74) is 0.486. The first kappa shape index (κ1) is 12.4. The van der Waals surface area contributed by atoms with Crippen LogP contribution in [0.15, 0.2) is 28.9 Å². The van der Waals surface area contributed by atoms with E-state index in [-0.39, 0.29) is 12.1 Å². The van der Waals surface area contributed by atoms with Crippen LogP contribution in [0.2, 0.25) is 0 Å². The fourth-order valence-electron chi connectivity index (χ4n) is 1.79. The van der Waals surface area contributed by atoms with Gasteiger partial charge < -0.3 is 9.15 Å². The highest BCUT2D eigenvalue weighted by atomic mass is 16.5. The van der Waals surface area contributed by atoms with Crippen molar-refractivity contribution in [3.05, 3.63) is 41.6 Å². The van der Waals surface area contributed by atoms with E-state index >= 15 is 0 Å². The maximum Gasteiger partial charge on any atom is 0.342 e. The second-order valence-corrected chi connectivity index (χ2v) is 4.27. The maximum absolute atomic E-state index is 11.9. The van der Waals surface area contributed by atoms with Crippen LogP contribution in [0.3, 0.4) is 0 Å². The van der Waals surface area contributed by atoms with Crippen LogP contribution in [0.25, 0.3) is 0 Å². The van der Waals surface area contributed by atoms with Crippen LogP contribution >= 0.6 is 0 Å². The third-order valence-electron chi connectivity index (χ3n) is 2.57. The minimum absolute atomic E-state index is 0.244. The highest BCUT2D eigenvalue weighted by Gasteiger charge is 2.17. The zero-order valence-electron chi connectivity index (χ0n) is 10.7. The van der Waals surface area contributed by atoms with E-state index in [1.54, 1.807) is 30.8 Å². The average molecular weight is 248 g/mol. The Balaban J connectivity index is 1.97. The van der Waals surface area contributed by atoms with Gasteiger partial charge in [0.25, 0.3) is 0 Å². The van der Waals surface area contributed by atoms with Gasteiger partial charge in [0, 0.05) is 12.4 Å². The molecule has 0 spiro atoms. The van der Waals surface area contributed by atoms with Crippen LogP contribution in [0, 0.1) is 13.8 Å². The third kappa shape index (κ3) is 2.80. The third-order valence-corrected chi connectivity index (χ3v) is 2.57. The van der Waals surface area contributed by atoms with E-state index in [9.17, 15) is 4.79 Å². The normalized spacial score (nSPS) is 12.4. The Bertz CT molecular complexity index is 528. The minimum Gasteiger partial charge on any atom is -0.466 e. The molecule has 0 saturated carbocycles. The van der Waals surface area contributed by atoms with Gasteiger partial charge in [-0.2, -0.15) is 5.10 Å². The van der Waals surface area contributed by atoms with Gasteiger partial charge in [0.1, 0.15) is 23.2 Å². The zero-order valence-corrected chi connectivity index (χ0v) is 10.7. The summed E-state index contributed by atoms with van der Waals surface area (Å²) in [4.78, 5) is 11.9. The summed E-state index contributed by atoms with van der Waals surface area (Å²) in [5, 5.41) is 4.06. The Kier molecular flexibility index (Phi) is 3.50. The van der Waals surface area contributed by atoms with Crippen molar-refractivity contribution < 1.29 is 13.9 Å². The molecule has 1 unspecified atom stereocenters. The monoisotopic (exact) mass is 248 g/mol. The smallest absolute Gasteiger partial charge is 0.342 e. The van der Waals surface area contributed by atoms with Crippen LogP contribution in [0.5, 0.6) is 0 Å². The number of carbonyl (C=O) groups is 1. The van der Waals surface area contributed by atoms with Crippen molar-refractivity contribution in [2.45, 2.75) is 33.4 Å². The van der Waals surface area contributed by atoms with Crippen molar-refractivity contribution in [3.8, 4) is 0 Å². The van der Waals surface area contributed by atoms with E-state index in [2.05, 4.69) is 5.10 Å². The molecule has 0 fully saturated rings. The molecule has 2 aromatic heterocycles. The summed E-state index contributed by atoms with van der Waals surface area (Å²) >= 11 is 0. The lowest BCUT2D eigenvalue weighted by atomic mass is 10.2. The van der Waals surface area contributed by atoms with Gasteiger partial charge in [0.05, 0.1) is 6.54 Å². The van der Waals surface area contributed by atoms with Gasteiger partial charge in [0.15, 0.2) is 0 Å². The Labute approximate surface area is 105 Å². The van der Waals surface area contributed by atoms with Crippen LogP contribution in [-0.4, -0.2) is 21.9 Å². The fourth-order valence-corrected chi connectivity index (χ4v) is 1.79. The molecule has 2 aromatic rings. The number of esters is 1. The molecular weight excluding hydrogens is 232 g/mol. The lowest BCUT2D eigenvalue weighted by Crippen LogP contribution is -2.21. The Hall–Kier alpha value is -2.04. The van der Waals surface area contributed by atoms with Crippen LogP contribution in [0.1, 0.15) is 28.8 Å². The van der Waals surface area contributed by atoms with E-state index < -0.39 is 0 Å². The molecule has 0 N–H and O–H groups in total. The first-order chi connectivity index (χ1) is 8.56. The Morgan fingerprint density at radius 3 is 2.89 bits per heavy atom. The average Bonchev–Trinajstić information content (AvgIpc) is 2.88. The van der Waals surface area contributed by atoms with Crippen molar-refractivity contribution >= 4 is 5.97 Å². The second-order valence-electron chi connectivity index (χ2n) is 4.27. The molecule has 0 radical (unpaired) electrons. The van der Waals surface area contributed by atoms with E-state index in [1.165, 1.54) is 0 Å². The molecule has 2 rings (SSSR count). The Morgan fingerprint density at radius 1 is 1.56 bits per heavy atom. The SMILES string of the molecule is Cc1cc(C(=O)OC(C)Cn2cccn2)c(C)o1. The molecule has 0 aliphatic heterocycles. The van der Waals surface area contributed by atoms with Gasteiger partial charge in [-0.15, -0.1) is 0 Å². The maximum atomic E-state index is 11.9. The number of ether oxygens (including phenoxy) is 1. The molecule has 5 nitrogen and oxygen atoms in total. The molecule has 0 saturated heterocycles. The summed E-state index contributed by atoms with van der Waals surface area (Å²) in [6, 6.07) is 3.52. The van der Waals surface area contributed by atoms with Crippen molar-refractivity contribution in [2.75, 3.05) is 0 Å². The predicted molar refractivity (Wildman–Crippen MR) is 65.3 cm³/mol. The lowest BCUT2D eigenvalue weighted by Gasteiger charge is -2.12. The number of hydrogen-bond acceptors (Lipinski definition) is 4. The molecule has 0 aliphatic rings. The number of hydrogen-bond donors (Lipinski definition) is 0. The number of nitrogens with zero attached hydrogens (tertiary/aromatic N) is 2. The van der Waals surface area contributed by atoms with Crippen LogP contribution in [-0.2, 0) is 11.3 Å². The van der Waals surface area contributed by atoms with Crippen LogP contribution in [0.4, 0.5) is 0 Å². The van der Waals surface area contributed by atoms with Crippen molar-refractivity contribution in [3.63, 3.8) is 0 Å². The number of aryl methyl sites for hydroxylation is 2. The largest absolute Gasteiger partial charge is 0.466 e. The molecule has 0 aromatic carbocycles. The number of aromatic nitrogens is 2. The quantitative estimate of drug-likeness (QED) is 0.779. The predicted octanol–water partition coefficient (Wildman–Crippen LogP) is 2.34. The van der Waals surface area contributed by atoms with Crippen LogP contribution < -0.4 is 0 Å². The molecule has 0 bridgehead atoms. The van der Waals surface area contributed by atoms with E-state index in [0.717, 1.165) is 0 Å². The molecule has 1 atom stereocenters. The highest BCUT2D eigenvalue weighted by Crippen LogP contribution is 2.15. The first-order valence-corrected chi connectivity index (χ1v) is 5.81. The Morgan fingerprint density at radius 2 is 2.33 bits per heavy atom. The highest BCUT2D eigenvalue weighted by molar-refractivity contribution is 5.90. The first-order valence-electron chi connectivity index (χ1n) is 5.81. The molecular formula is C13H16N2O3. The topological polar surface area (TPSA) is 57.3 Å². The molecule has 5 heteroatoms. The van der Waals surface area contributed by atoms with E-state index in [1.807, 2.05) is 19.2 Å². The van der Waals surface area contributed by atoms with Gasteiger partial charge in [-0.05, 0) is 32.9 Å². The van der Waals surface area contributed by atoms with Gasteiger partial charge in [0.2, 0.25) is 0 Å². The van der Waals surface area contributed by atoms with E-state index in [4.69, 9.17) is 9.15 Å². The molecule has 18 heavy (non-hydrogen) atoms. The number of carbonyl (C=O) groups excluding carboxylic acids is 1. The minimum atomic E-state index is -0.357. The van der Waals surface area contributed by atoms with Gasteiger partial charge in [-0.25, -0.2) is 4.79 Å². The summed E-state index contributed by atoms with van der Waals surface area (Å²) in [7, 11) is 0. The molecule has 0 aliphatic carbocycles. The standard InChI is InChI=1S/C13H16N2O3/c1-9-7-12(11(3)17-9)13(16)18-10(2)8-15-6-4-5-14-15/h4-7,10H,8H2,1-3H3. The van der Waals surface area contributed by atoms with Gasteiger partial charge >= 0.3 is 5.97 Å². The summed E-state index contributed by atoms with van der Waals surface area (Å²) in [6.07, 6.45) is 3.28. The molecule has 0 amide bonds. The fraction of sp³-hybridized carbons (Fsp3) is 0.385. The number of furan rings is 1. The second kappa shape index (κ2) is 5.08. The van der Waals surface area contributed by atoms with Crippen molar-refractivity contribution in [1.29, 1.82) is 0 Å². The van der Waals surface area contributed by atoms with Gasteiger partial charge in [-0.1, -0.05) is 0 Å². The summed E-state index contributed by atoms with van der Waals surface area (Å²) in [6.45, 7) is 5.93. The lowest BCUT2D eigenvalue weighted by molar-refractivity contribution is 0.0297. The summed E-state index contributed by atoms with van der Waals surface area (Å²) < 4.78 is 12.4. The van der Waals surface area contributed by atoms with E-state index in [0.29, 0.717) is 23.6 Å². The molecule has 96 valence electrons. The zero-order chi connectivity index (χ0) is 13.1. The van der Waals surface area contributed by atoms with Gasteiger partial charge in [-0.3, -0.25) is 4.68 Å². The van der Waals surface area contributed by atoms with Crippen molar-refractivity contribution in [1.82, 2.24) is 9.78 Å². The summed E-state index contributed by atoms with van der Waals surface area (Å²) in [5.74, 6) is 0.937.